The zero-order valence-electron chi connectivity index (χ0n) is 16.0. The van der Waals surface area contributed by atoms with Crippen LogP contribution in [0.3, 0.4) is 0 Å². The van der Waals surface area contributed by atoms with Crippen LogP contribution in [-0.4, -0.2) is 16.0 Å². The molecule has 2 aromatic rings. The molecule has 1 aromatic carbocycles. The molecule has 1 heterocycles. The summed E-state index contributed by atoms with van der Waals surface area (Å²) >= 11 is 0. The van der Waals surface area contributed by atoms with Gasteiger partial charge in [-0.3, -0.25) is 4.79 Å². The first-order valence-electron chi connectivity index (χ1n) is 8.90. The van der Waals surface area contributed by atoms with Crippen LogP contribution in [0, 0.1) is 5.92 Å². The number of ketones is 1. The summed E-state index contributed by atoms with van der Waals surface area (Å²) in [4.78, 5) is 24.6. The van der Waals surface area contributed by atoms with Crippen molar-refractivity contribution in [2.45, 2.75) is 53.9 Å². The molecular formula is C21H26O5. The first-order chi connectivity index (χ1) is 12.2. The molecular weight excluding hydrogens is 332 g/mol. The molecule has 140 valence electrons. The number of hydrogen-bond acceptors (Lipinski definition) is 5. The lowest BCUT2D eigenvalue weighted by molar-refractivity contribution is 0.0934. The molecule has 0 spiro atoms. The van der Waals surface area contributed by atoms with Gasteiger partial charge < -0.3 is 14.6 Å². The van der Waals surface area contributed by atoms with E-state index in [9.17, 15) is 19.8 Å². The minimum atomic E-state index is -0.541. The summed E-state index contributed by atoms with van der Waals surface area (Å²) in [6.45, 7) is 9.21. The van der Waals surface area contributed by atoms with Gasteiger partial charge in [-0.1, -0.05) is 38.8 Å². The quantitative estimate of drug-likeness (QED) is 0.451. The lowest BCUT2D eigenvalue weighted by Crippen LogP contribution is -2.11. The van der Waals surface area contributed by atoms with Gasteiger partial charge in [0, 0.05) is 17.5 Å². The van der Waals surface area contributed by atoms with Gasteiger partial charge in [0.15, 0.2) is 5.78 Å². The van der Waals surface area contributed by atoms with Crippen molar-refractivity contribution < 1.29 is 19.4 Å². The molecule has 2 rings (SSSR count). The summed E-state index contributed by atoms with van der Waals surface area (Å²) in [5.74, 6) is -1.38. The van der Waals surface area contributed by atoms with Crippen LogP contribution in [0.1, 0.15) is 62.5 Å². The summed E-state index contributed by atoms with van der Waals surface area (Å²) in [7, 11) is 0. The lowest BCUT2D eigenvalue weighted by atomic mass is 9.91. The number of rotatable bonds is 6. The van der Waals surface area contributed by atoms with Crippen molar-refractivity contribution in [2.75, 3.05) is 0 Å². The van der Waals surface area contributed by atoms with Crippen LogP contribution >= 0.6 is 0 Å². The highest BCUT2D eigenvalue weighted by atomic mass is 16.4. The predicted molar refractivity (Wildman–Crippen MR) is 102 cm³/mol. The summed E-state index contributed by atoms with van der Waals surface area (Å²) in [5.41, 5.74) is 1.49. The second-order valence-electron chi connectivity index (χ2n) is 7.10. The van der Waals surface area contributed by atoms with E-state index in [0.29, 0.717) is 29.4 Å². The SMILES string of the molecule is CCCc1cc(=O)oc2c(CC=C(C)C)c(O)c(C(=O)C(C)C)c(O)c12. The molecule has 0 fully saturated rings. The van der Waals surface area contributed by atoms with Gasteiger partial charge in [0.2, 0.25) is 0 Å². The van der Waals surface area contributed by atoms with E-state index in [2.05, 4.69) is 0 Å². The number of phenols is 2. The molecule has 5 nitrogen and oxygen atoms in total. The van der Waals surface area contributed by atoms with Crippen LogP contribution in [0.15, 0.2) is 26.9 Å². The summed E-state index contributed by atoms with van der Waals surface area (Å²) in [6.07, 6.45) is 3.48. The van der Waals surface area contributed by atoms with Crippen LogP contribution in [0.5, 0.6) is 11.5 Å². The zero-order chi connectivity index (χ0) is 19.6. The standard InChI is InChI=1S/C21H26O5/c1-6-7-13-10-15(22)26-21-14(9-8-11(2)3)19(24)17(18(23)12(4)5)20(25)16(13)21/h8,10,12,24-25H,6-7,9H2,1-5H3. The molecule has 2 N–H and O–H groups in total. The Kier molecular flexibility index (Phi) is 5.90. The topological polar surface area (TPSA) is 87.7 Å². The van der Waals surface area contributed by atoms with Crippen molar-refractivity contribution in [3.05, 3.63) is 44.8 Å². The maximum atomic E-state index is 12.6. The highest BCUT2D eigenvalue weighted by Crippen LogP contribution is 2.42. The smallest absolute Gasteiger partial charge is 0.336 e. The third-order valence-corrected chi connectivity index (χ3v) is 4.32. The largest absolute Gasteiger partial charge is 0.507 e. The van der Waals surface area contributed by atoms with Crippen LogP contribution in [-0.2, 0) is 12.8 Å². The van der Waals surface area contributed by atoms with Crippen LogP contribution in [0.25, 0.3) is 11.0 Å². The van der Waals surface area contributed by atoms with E-state index < -0.39 is 11.5 Å². The van der Waals surface area contributed by atoms with Crippen molar-refractivity contribution in [3.8, 4) is 11.5 Å². The second-order valence-corrected chi connectivity index (χ2v) is 7.10. The molecule has 0 saturated carbocycles. The molecule has 0 atom stereocenters. The number of fused-ring (bicyclic) bond motifs is 1. The Balaban J connectivity index is 3.00. The van der Waals surface area contributed by atoms with E-state index in [1.54, 1.807) is 13.8 Å². The van der Waals surface area contributed by atoms with Crippen molar-refractivity contribution in [1.82, 2.24) is 0 Å². The number of allylic oxidation sites excluding steroid dienone is 2. The van der Waals surface area contributed by atoms with Gasteiger partial charge in [0.1, 0.15) is 22.6 Å². The first kappa shape index (κ1) is 19.8. The Bertz CT molecular complexity index is 928. The molecule has 26 heavy (non-hydrogen) atoms. The summed E-state index contributed by atoms with van der Waals surface area (Å²) in [5, 5.41) is 21.9. The Hall–Kier alpha value is -2.56. The number of phenolic OH excluding ortho intramolecular Hbond substituents is 2. The van der Waals surface area contributed by atoms with Gasteiger partial charge >= 0.3 is 5.63 Å². The van der Waals surface area contributed by atoms with E-state index in [1.807, 2.05) is 26.8 Å². The van der Waals surface area contributed by atoms with Crippen LogP contribution in [0.2, 0.25) is 0 Å². The fourth-order valence-corrected chi connectivity index (χ4v) is 2.99. The molecule has 0 unspecified atom stereocenters. The number of aromatic hydroxyl groups is 2. The highest BCUT2D eigenvalue weighted by molar-refractivity contribution is 6.09. The average Bonchev–Trinajstić information content (AvgIpc) is 2.53. The fraction of sp³-hybridized carbons (Fsp3) is 0.429. The molecule has 0 aliphatic carbocycles. The van der Waals surface area contributed by atoms with Gasteiger partial charge in [-0.15, -0.1) is 0 Å². The first-order valence-corrected chi connectivity index (χ1v) is 8.90. The molecule has 5 heteroatoms. The molecule has 0 aliphatic rings. The third kappa shape index (κ3) is 3.66. The molecule has 0 amide bonds. The van der Waals surface area contributed by atoms with Crippen LogP contribution in [0.4, 0.5) is 0 Å². The Labute approximate surface area is 153 Å². The number of carbonyl (C=O) groups is 1. The monoisotopic (exact) mass is 358 g/mol. The molecule has 0 radical (unpaired) electrons. The van der Waals surface area contributed by atoms with E-state index in [0.717, 1.165) is 12.0 Å². The minimum absolute atomic E-state index is 0.101. The molecule has 0 bridgehead atoms. The maximum absolute atomic E-state index is 12.6. The van der Waals surface area contributed by atoms with Gasteiger partial charge in [-0.25, -0.2) is 4.79 Å². The van der Waals surface area contributed by atoms with E-state index >= 15 is 0 Å². The van der Waals surface area contributed by atoms with E-state index in [4.69, 9.17) is 4.42 Å². The zero-order valence-corrected chi connectivity index (χ0v) is 16.0. The number of carbonyl (C=O) groups excluding carboxylic acids is 1. The highest BCUT2D eigenvalue weighted by Gasteiger charge is 2.27. The minimum Gasteiger partial charge on any atom is -0.507 e. The van der Waals surface area contributed by atoms with E-state index in [-0.39, 0.29) is 28.4 Å². The number of aryl methyl sites for hydroxylation is 1. The third-order valence-electron chi connectivity index (χ3n) is 4.32. The number of Topliss-reactive ketones (excluding diaryl/α,β-unsaturated/α-hetero) is 1. The second kappa shape index (κ2) is 7.77. The Morgan fingerprint density at radius 1 is 1.23 bits per heavy atom. The lowest BCUT2D eigenvalue weighted by Gasteiger charge is -2.17. The van der Waals surface area contributed by atoms with Gasteiger partial charge in [0.25, 0.3) is 0 Å². The van der Waals surface area contributed by atoms with Crippen molar-refractivity contribution >= 4 is 16.8 Å². The van der Waals surface area contributed by atoms with E-state index in [1.165, 1.54) is 6.07 Å². The van der Waals surface area contributed by atoms with Crippen LogP contribution < -0.4 is 5.63 Å². The van der Waals surface area contributed by atoms with Gasteiger partial charge in [0.05, 0.1) is 5.39 Å². The molecule has 1 aromatic heterocycles. The maximum Gasteiger partial charge on any atom is 0.336 e. The Morgan fingerprint density at radius 3 is 2.42 bits per heavy atom. The van der Waals surface area contributed by atoms with Gasteiger partial charge in [-0.2, -0.15) is 0 Å². The van der Waals surface area contributed by atoms with Crippen molar-refractivity contribution in [3.63, 3.8) is 0 Å². The molecule has 0 aliphatic heterocycles. The molecule has 0 saturated heterocycles. The number of benzene rings is 1. The fourth-order valence-electron chi connectivity index (χ4n) is 2.99. The average molecular weight is 358 g/mol. The van der Waals surface area contributed by atoms with Gasteiger partial charge in [-0.05, 0) is 32.3 Å². The summed E-state index contributed by atoms with van der Waals surface area (Å²) < 4.78 is 5.35. The predicted octanol–water partition coefficient (Wildman–Crippen LogP) is 4.50. The van der Waals surface area contributed by atoms with Crippen molar-refractivity contribution in [1.29, 1.82) is 0 Å². The number of hydrogen-bond donors (Lipinski definition) is 2. The van der Waals surface area contributed by atoms with Crippen molar-refractivity contribution in [2.24, 2.45) is 5.92 Å². The summed E-state index contributed by atoms with van der Waals surface area (Å²) in [6, 6.07) is 1.34. The normalized spacial score (nSPS) is 11.2. The Morgan fingerprint density at radius 2 is 1.88 bits per heavy atom.